The fourth-order valence-corrected chi connectivity index (χ4v) is 5.63. The van der Waals surface area contributed by atoms with E-state index in [4.69, 9.17) is 0 Å². The van der Waals surface area contributed by atoms with E-state index in [1.165, 1.54) is 36.5 Å². The molecule has 2 saturated carbocycles. The number of hydrogen-bond acceptors (Lipinski definition) is 8. The number of nitrogens with one attached hydrogen (secondary N) is 2. The summed E-state index contributed by atoms with van der Waals surface area (Å²) in [6.07, 6.45) is 4.48. The molecule has 0 saturated heterocycles. The molecule has 132 valence electrons. The monoisotopic (exact) mass is 378 g/mol. The van der Waals surface area contributed by atoms with Crippen LogP contribution in [0.1, 0.15) is 61.4 Å². The Morgan fingerprint density at radius 1 is 0.840 bits per heavy atom. The van der Waals surface area contributed by atoms with Gasteiger partial charge in [0.1, 0.15) is 10.0 Å². The van der Waals surface area contributed by atoms with Gasteiger partial charge in [-0.25, -0.2) is 0 Å². The average molecular weight is 378 g/mol. The standard InChI is InChI=1S/C15H18N6O2S2/c1-7(22)16-13-20-18-11(24-13)9-3-15(4-9)5-10(6-15)12-19-21-14(25-12)17-8(2)23/h9-10H,3-6H2,1-2H3,(H,16,20,22)(H,17,21,23). The third-order valence-corrected chi connectivity index (χ3v) is 6.87. The molecule has 1 spiro atoms. The minimum absolute atomic E-state index is 0.120. The van der Waals surface area contributed by atoms with E-state index < -0.39 is 0 Å². The van der Waals surface area contributed by atoms with Gasteiger partial charge in [-0.05, 0) is 31.1 Å². The second kappa shape index (κ2) is 6.10. The third-order valence-electron chi connectivity index (χ3n) is 4.86. The van der Waals surface area contributed by atoms with Gasteiger partial charge in [0.15, 0.2) is 0 Å². The maximum atomic E-state index is 11.1. The van der Waals surface area contributed by atoms with Crippen molar-refractivity contribution in [2.45, 2.75) is 51.4 Å². The Labute approximate surface area is 152 Å². The van der Waals surface area contributed by atoms with Crippen LogP contribution in [0.15, 0.2) is 0 Å². The lowest BCUT2D eigenvalue weighted by Crippen LogP contribution is -2.45. The Hall–Kier alpha value is -1.94. The van der Waals surface area contributed by atoms with Crippen LogP contribution in [-0.4, -0.2) is 32.2 Å². The van der Waals surface area contributed by atoms with Crippen molar-refractivity contribution in [2.75, 3.05) is 10.6 Å². The molecule has 2 N–H and O–H groups in total. The van der Waals surface area contributed by atoms with Crippen LogP contribution in [0.4, 0.5) is 10.3 Å². The molecule has 2 amide bonds. The summed E-state index contributed by atoms with van der Waals surface area (Å²) in [6, 6.07) is 0. The Morgan fingerprint density at radius 3 is 1.60 bits per heavy atom. The zero-order valence-corrected chi connectivity index (χ0v) is 15.5. The van der Waals surface area contributed by atoms with Gasteiger partial charge >= 0.3 is 0 Å². The number of anilines is 2. The lowest BCUT2D eigenvalue weighted by Gasteiger charge is -2.56. The van der Waals surface area contributed by atoms with Crippen LogP contribution in [0.2, 0.25) is 0 Å². The van der Waals surface area contributed by atoms with Crippen LogP contribution >= 0.6 is 22.7 Å². The van der Waals surface area contributed by atoms with E-state index in [1.54, 1.807) is 0 Å². The van der Waals surface area contributed by atoms with Crippen molar-refractivity contribution < 1.29 is 9.59 Å². The fourth-order valence-electron chi connectivity index (χ4n) is 3.86. The van der Waals surface area contributed by atoms with Crippen LogP contribution in [0.25, 0.3) is 0 Å². The largest absolute Gasteiger partial charge is 0.301 e. The number of carbonyl (C=O) groups is 2. The molecule has 2 aromatic rings. The lowest BCUT2D eigenvalue weighted by molar-refractivity contribution is -0.115. The first kappa shape index (κ1) is 16.5. The molecule has 0 atom stereocenters. The molecule has 0 aromatic carbocycles. The van der Waals surface area contributed by atoms with Gasteiger partial charge in [-0.15, -0.1) is 20.4 Å². The number of aromatic nitrogens is 4. The summed E-state index contributed by atoms with van der Waals surface area (Å²) < 4.78 is 0. The molecule has 25 heavy (non-hydrogen) atoms. The van der Waals surface area contributed by atoms with E-state index in [-0.39, 0.29) is 11.8 Å². The van der Waals surface area contributed by atoms with E-state index in [1.807, 2.05) is 0 Å². The normalized spacial score (nSPS) is 27.4. The van der Waals surface area contributed by atoms with E-state index in [0.29, 0.717) is 27.5 Å². The molecule has 2 heterocycles. The molecule has 10 heteroatoms. The van der Waals surface area contributed by atoms with E-state index in [0.717, 1.165) is 35.7 Å². The van der Waals surface area contributed by atoms with Crippen molar-refractivity contribution in [1.29, 1.82) is 0 Å². The van der Waals surface area contributed by atoms with E-state index in [2.05, 4.69) is 31.0 Å². The Bertz CT molecular complexity index is 748. The Balaban J connectivity index is 1.30. The van der Waals surface area contributed by atoms with Crippen LogP contribution in [0.3, 0.4) is 0 Å². The summed E-state index contributed by atoms with van der Waals surface area (Å²) in [7, 11) is 0. The van der Waals surface area contributed by atoms with Gasteiger partial charge in [-0.2, -0.15) is 0 Å². The summed E-state index contributed by atoms with van der Waals surface area (Å²) in [5, 5.41) is 25.0. The van der Waals surface area contributed by atoms with Gasteiger partial charge in [0.05, 0.1) is 0 Å². The smallest absolute Gasteiger partial charge is 0.223 e. The molecule has 0 radical (unpaired) electrons. The number of amides is 2. The van der Waals surface area contributed by atoms with Crippen LogP contribution in [0.5, 0.6) is 0 Å². The van der Waals surface area contributed by atoms with E-state index in [9.17, 15) is 9.59 Å². The summed E-state index contributed by atoms with van der Waals surface area (Å²) in [4.78, 5) is 22.1. The maximum Gasteiger partial charge on any atom is 0.223 e. The number of carbonyl (C=O) groups excluding carboxylic acids is 2. The molecule has 0 aliphatic heterocycles. The van der Waals surface area contributed by atoms with Crippen LogP contribution < -0.4 is 10.6 Å². The molecule has 8 nitrogen and oxygen atoms in total. The third kappa shape index (κ3) is 3.28. The molecule has 4 rings (SSSR count). The Morgan fingerprint density at radius 2 is 1.24 bits per heavy atom. The summed E-state index contributed by atoms with van der Waals surface area (Å²) >= 11 is 2.94. The van der Waals surface area contributed by atoms with Gasteiger partial charge in [0.2, 0.25) is 22.1 Å². The molecule has 0 unspecified atom stereocenters. The van der Waals surface area contributed by atoms with E-state index >= 15 is 0 Å². The first-order valence-corrected chi connectivity index (χ1v) is 9.78. The summed E-state index contributed by atoms with van der Waals surface area (Å²) in [5.41, 5.74) is 0.398. The highest BCUT2D eigenvalue weighted by atomic mass is 32.1. The molecule has 2 aromatic heterocycles. The van der Waals surface area contributed by atoms with Crippen molar-refractivity contribution in [1.82, 2.24) is 20.4 Å². The highest BCUT2D eigenvalue weighted by Gasteiger charge is 2.55. The SMILES string of the molecule is CC(=O)Nc1nnc(C2CC3(C2)CC(c2nnc(NC(C)=O)s2)C3)s1. The van der Waals surface area contributed by atoms with Gasteiger partial charge < -0.3 is 10.6 Å². The zero-order chi connectivity index (χ0) is 17.6. The van der Waals surface area contributed by atoms with Crippen molar-refractivity contribution in [3.8, 4) is 0 Å². The highest BCUT2D eigenvalue weighted by molar-refractivity contribution is 7.15. The van der Waals surface area contributed by atoms with Crippen molar-refractivity contribution in [3.63, 3.8) is 0 Å². The molecular weight excluding hydrogens is 360 g/mol. The second-order valence-electron chi connectivity index (χ2n) is 6.96. The fraction of sp³-hybridized carbons (Fsp3) is 0.600. The highest BCUT2D eigenvalue weighted by Crippen LogP contribution is 2.66. The van der Waals surface area contributed by atoms with Crippen molar-refractivity contribution >= 4 is 44.8 Å². The van der Waals surface area contributed by atoms with Crippen LogP contribution in [-0.2, 0) is 9.59 Å². The number of nitrogens with zero attached hydrogens (tertiary/aromatic N) is 4. The quantitative estimate of drug-likeness (QED) is 0.846. The Kier molecular flexibility index (Phi) is 4.03. The minimum Gasteiger partial charge on any atom is -0.301 e. The molecule has 0 bridgehead atoms. The van der Waals surface area contributed by atoms with Crippen molar-refractivity contribution in [3.05, 3.63) is 10.0 Å². The molecule has 2 fully saturated rings. The number of hydrogen-bond donors (Lipinski definition) is 2. The second-order valence-corrected chi connectivity index (χ2v) is 8.98. The van der Waals surface area contributed by atoms with Crippen LogP contribution in [0, 0.1) is 5.41 Å². The predicted molar refractivity (Wildman–Crippen MR) is 94.8 cm³/mol. The first-order valence-electron chi connectivity index (χ1n) is 8.14. The van der Waals surface area contributed by atoms with Gasteiger partial charge in [-0.3, -0.25) is 9.59 Å². The predicted octanol–water partition coefficient (Wildman–Crippen LogP) is 2.75. The molecule has 2 aliphatic carbocycles. The topological polar surface area (TPSA) is 110 Å². The van der Waals surface area contributed by atoms with Gasteiger partial charge in [0.25, 0.3) is 0 Å². The number of rotatable bonds is 4. The molecular formula is C15H18N6O2S2. The van der Waals surface area contributed by atoms with Gasteiger partial charge in [0, 0.05) is 25.7 Å². The first-order chi connectivity index (χ1) is 11.9. The zero-order valence-electron chi connectivity index (χ0n) is 13.9. The average Bonchev–Trinajstić information content (AvgIpc) is 3.04. The summed E-state index contributed by atoms with van der Waals surface area (Å²) in [5.74, 6) is 0.659. The van der Waals surface area contributed by atoms with Crippen molar-refractivity contribution in [2.24, 2.45) is 5.41 Å². The minimum atomic E-state index is -0.120. The molecule has 2 aliphatic rings. The summed E-state index contributed by atoms with van der Waals surface area (Å²) in [6.45, 7) is 2.94. The van der Waals surface area contributed by atoms with Gasteiger partial charge in [-0.1, -0.05) is 22.7 Å². The maximum absolute atomic E-state index is 11.1. The lowest BCUT2D eigenvalue weighted by atomic mass is 9.48.